The molecule has 0 fully saturated rings. The van der Waals surface area contributed by atoms with Crippen molar-refractivity contribution in [2.24, 2.45) is 0 Å². The summed E-state index contributed by atoms with van der Waals surface area (Å²) < 4.78 is 16.4. The number of methoxy groups -OCH3 is 1. The lowest BCUT2D eigenvalue weighted by atomic mass is 10.1. The average molecular weight is 290 g/mol. The van der Waals surface area contributed by atoms with Crippen LogP contribution in [0.25, 0.3) is 0 Å². The highest BCUT2D eigenvalue weighted by Crippen LogP contribution is 2.33. The summed E-state index contributed by atoms with van der Waals surface area (Å²) in [7, 11) is 1.56. The molecule has 0 amide bonds. The van der Waals surface area contributed by atoms with Crippen molar-refractivity contribution in [3.63, 3.8) is 0 Å². The van der Waals surface area contributed by atoms with Gasteiger partial charge in [0.15, 0.2) is 11.5 Å². The summed E-state index contributed by atoms with van der Waals surface area (Å²) in [5, 5.41) is 1.84. The minimum Gasteiger partial charge on any atom is -0.495 e. The van der Waals surface area contributed by atoms with Gasteiger partial charge in [0.25, 0.3) is 0 Å². The molecule has 1 aliphatic heterocycles. The molecule has 1 aliphatic rings. The minimum atomic E-state index is -0.0625. The molecule has 0 bridgehead atoms. The van der Waals surface area contributed by atoms with Crippen LogP contribution in [0.15, 0.2) is 29.6 Å². The lowest BCUT2D eigenvalue weighted by Crippen LogP contribution is -2.02. The van der Waals surface area contributed by atoms with E-state index in [4.69, 9.17) is 14.2 Å². The number of rotatable bonds is 3. The lowest BCUT2D eigenvalue weighted by Gasteiger charge is -2.09. The number of benzene rings is 1. The Labute approximate surface area is 120 Å². The standard InChI is InChI=1S/C15H14O4S/c1-17-12-5-8-20-15(12)14(16)10-3-4-11-13(9-10)19-7-2-6-18-11/h3-5,8-9H,2,6-7H2,1H3. The SMILES string of the molecule is COc1ccsc1C(=O)c1ccc2c(c1)OCCCO2. The zero-order chi connectivity index (χ0) is 13.9. The van der Waals surface area contributed by atoms with E-state index >= 15 is 0 Å². The molecule has 1 aromatic carbocycles. The van der Waals surface area contributed by atoms with E-state index in [9.17, 15) is 4.79 Å². The van der Waals surface area contributed by atoms with Gasteiger partial charge in [-0.05, 0) is 29.6 Å². The predicted molar refractivity (Wildman–Crippen MR) is 76.4 cm³/mol. The third kappa shape index (κ3) is 2.36. The van der Waals surface area contributed by atoms with Crippen LogP contribution >= 0.6 is 11.3 Å². The molecule has 4 nitrogen and oxygen atoms in total. The van der Waals surface area contributed by atoms with Crippen LogP contribution in [-0.2, 0) is 0 Å². The molecule has 2 aromatic rings. The molecule has 0 spiro atoms. The van der Waals surface area contributed by atoms with E-state index in [0.29, 0.717) is 40.9 Å². The normalized spacial score (nSPS) is 13.7. The van der Waals surface area contributed by atoms with Gasteiger partial charge < -0.3 is 14.2 Å². The van der Waals surface area contributed by atoms with Gasteiger partial charge in [-0.1, -0.05) is 0 Å². The topological polar surface area (TPSA) is 44.8 Å². The zero-order valence-electron chi connectivity index (χ0n) is 11.0. The van der Waals surface area contributed by atoms with E-state index in [0.717, 1.165) is 6.42 Å². The van der Waals surface area contributed by atoms with E-state index in [1.54, 1.807) is 31.4 Å². The van der Waals surface area contributed by atoms with E-state index < -0.39 is 0 Å². The number of carbonyl (C=O) groups excluding carboxylic acids is 1. The number of ether oxygens (including phenoxy) is 3. The highest BCUT2D eigenvalue weighted by molar-refractivity contribution is 7.12. The molecule has 20 heavy (non-hydrogen) atoms. The summed E-state index contributed by atoms with van der Waals surface area (Å²) in [5.41, 5.74) is 0.579. The Bertz CT molecular complexity index is 633. The maximum Gasteiger partial charge on any atom is 0.206 e. The second-order valence-electron chi connectivity index (χ2n) is 4.36. The van der Waals surface area contributed by atoms with Crippen LogP contribution in [0.3, 0.4) is 0 Å². The highest BCUT2D eigenvalue weighted by Gasteiger charge is 2.19. The Morgan fingerprint density at radius 1 is 1.20 bits per heavy atom. The number of carbonyl (C=O) groups is 1. The molecule has 2 heterocycles. The van der Waals surface area contributed by atoms with Crippen LogP contribution in [0.4, 0.5) is 0 Å². The molecular weight excluding hydrogens is 276 g/mol. The molecular formula is C15H14O4S. The van der Waals surface area contributed by atoms with E-state index in [-0.39, 0.29) is 5.78 Å². The second kappa shape index (κ2) is 5.54. The van der Waals surface area contributed by atoms with Crippen molar-refractivity contribution in [2.45, 2.75) is 6.42 Å². The first kappa shape index (κ1) is 13.0. The Kier molecular flexibility index (Phi) is 3.60. The highest BCUT2D eigenvalue weighted by atomic mass is 32.1. The van der Waals surface area contributed by atoms with Gasteiger partial charge in [-0.15, -0.1) is 11.3 Å². The number of hydrogen-bond acceptors (Lipinski definition) is 5. The van der Waals surface area contributed by atoms with Crippen molar-refractivity contribution >= 4 is 17.1 Å². The third-order valence-electron chi connectivity index (χ3n) is 3.06. The largest absolute Gasteiger partial charge is 0.495 e. The molecule has 0 unspecified atom stereocenters. The maximum atomic E-state index is 12.5. The van der Waals surface area contributed by atoms with Crippen molar-refractivity contribution in [1.82, 2.24) is 0 Å². The van der Waals surface area contributed by atoms with Crippen molar-refractivity contribution in [3.05, 3.63) is 40.1 Å². The first-order valence-corrected chi connectivity index (χ1v) is 7.23. The minimum absolute atomic E-state index is 0.0625. The van der Waals surface area contributed by atoms with Crippen molar-refractivity contribution in [3.8, 4) is 17.2 Å². The summed E-state index contributed by atoms with van der Waals surface area (Å²) in [5.74, 6) is 1.86. The number of thiophene rings is 1. The zero-order valence-corrected chi connectivity index (χ0v) is 11.9. The molecule has 0 atom stereocenters. The average Bonchev–Trinajstić information content (AvgIpc) is 2.83. The molecule has 0 radical (unpaired) electrons. The van der Waals surface area contributed by atoms with Crippen LogP contribution in [0.1, 0.15) is 21.7 Å². The summed E-state index contributed by atoms with van der Waals surface area (Å²) >= 11 is 1.37. The van der Waals surface area contributed by atoms with Crippen molar-refractivity contribution in [2.75, 3.05) is 20.3 Å². The maximum absolute atomic E-state index is 12.5. The van der Waals surface area contributed by atoms with Crippen LogP contribution < -0.4 is 14.2 Å². The van der Waals surface area contributed by atoms with Gasteiger partial charge in [0, 0.05) is 12.0 Å². The van der Waals surface area contributed by atoms with Crippen LogP contribution in [0.2, 0.25) is 0 Å². The van der Waals surface area contributed by atoms with Crippen LogP contribution in [-0.4, -0.2) is 26.1 Å². The molecule has 0 saturated heterocycles. The Morgan fingerprint density at radius 3 is 2.80 bits per heavy atom. The quantitative estimate of drug-likeness (QED) is 0.815. The number of fused-ring (bicyclic) bond motifs is 1. The lowest BCUT2D eigenvalue weighted by molar-refractivity contribution is 0.103. The van der Waals surface area contributed by atoms with E-state index in [1.807, 2.05) is 5.38 Å². The summed E-state index contributed by atoms with van der Waals surface area (Å²) in [4.78, 5) is 13.1. The summed E-state index contributed by atoms with van der Waals surface area (Å²) in [6.45, 7) is 1.24. The van der Waals surface area contributed by atoms with Crippen LogP contribution in [0, 0.1) is 0 Å². The van der Waals surface area contributed by atoms with Gasteiger partial charge in [0.1, 0.15) is 10.6 Å². The monoisotopic (exact) mass is 290 g/mol. The van der Waals surface area contributed by atoms with E-state index in [1.165, 1.54) is 11.3 Å². The molecule has 1 aromatic heterocycles. The predicted octanol–water partition coefficient (Wildman–Crippen LogP) is 3.15. The number of hydrogen-bond donors (Lipinski definition) is 0. The molecule has 0 saturated carbocycles. The molecule has 5 heteroatoms. The van der Waals surface area contributed by atoms with Gasteiger partial charge in [-0.3, -0.25) is 4.79 Å². The fraction of sp³-hybridized carbons (Fsp3) is 0.267. The Hall–Kier alpha value is -2.01. The Morgan fingerprint density at radius 2 is 2.00 bits per heavy atom. The van der Waals surface area contributed by atoms with E-state index in [2.05, 4.69) is 0 Å². The van der Waals surface area contributed by atoms with Gasteiger partial charge in [0.2, 0.25) is 5.78 Å². The van der Waals surface area contributed by atoms with Gasteiger partial charge in [-0.25, -0.2) is 0 Å². The van der Waals surface area contributed by atoms with Gasteiger partial charge >= 0.3 is 0 Å². The smallest absolute Gasteiger partial charge is 0.206 e. The fourth-order valence-electron chi connectivity index (χ4n) is 2.06. The first-order valence-electron chi connectivity index (χ1n) is 6.35. The summed E-state index contributed by atoms with van der Waals surface area (Å²) in [6, 6.07) is 7.08. The first-order chi connectivity index (χ1) is 9.79. The number of ketones is 1. The molecule has 0 N–H and O–H groups in total. The van der Waals surface area contributed by atoms with Crippen LogP contribution in [0.5, 0.6) is 17.2 Å². The molecule has 104 valence electrons. The summed E-state index contributed by atoms with van der Waals surface area (Å²) in [6.07, 6.45) is 0.844. The Balaban J connectivity index is 1.94. The fourth-order valence-corrected chi connectivity index (χ4v) is 2.88. The van der Waals surface area contributed by atoms with Crippen molar-refractivity contribution < 1.29 is 19.0 Å². The van der Waals surface area contributed by atoms with Crippen molar-refractivity contribution in [1.29, 1.82) is 0 Å². The third-order valence-corrected chi connectivity index (χ3v) is 3.96. The second-order valence-corrected chi connectivity index (χ2v) is 5.28. The van der Waals surface area contributed by atoms with Gasteiger partial charge in [-0.2, -0.15) is 0 Å². The molecule has 3 rings (SSSR count). The van der Waals surface area contributed by atoms with Gasteiger partial charge in [0.05, 0.1) is 20.3 Å². The molecule has 0 aliphatic carbocycles.